The molecule has 3 aliphatic carbocycles. The number of carbonyl (C=O) groups is 3. The Morgan fingerprint density at radius 3 is 2.33 bits per heavy atom. The number of aromatic nitrogens is 1. The summed E-state index contributed by atoms with van der Waals surface area (Å²) >= 11 is 1.58. The number of benzene rings is 1. The highest BCUT2D eigenvalue weighted by atomic mass is 32.1. The molecule has 0 spiro atoms. The zero-order chi connectivity index (χ0) is 30.1. The summed E-state index contributed by atoms with van der Waals surface area (Å²) in [6.07, 6.45) is -1.80. The fraction of sp³-hybridized carbons (Fsp3) is 0.613. The molecule has 1 aromatic carbocycles. The first-order chi connectivity index (χ1) is 19.9. The molecule has 2 heterocycles. The maximum Gasteiger partial charge on any atom is 0.246 e. The minimum absolute atomic E-state index is 0.0128. The molecule has 10 atom stereocenters. The molecule has 4 aliphatic rings. The van der Waals surface area contributed by atoms with Crippen molar-refractivity contribution < 1.29 is 29.7 Å². The maximum absolute atomic E-state index is 13.9. The number of rotatable bonds is 7. The van der Waals surface area contributed by atoms with Crippen LogP contribution < -0.4 is 10.6 Å². The number of thiazole rings is 1. The Morgan fingerprint density at radius 1 is 1.02 bits per heavy atom. The van der Waals surface area contributed by atoms with Crippen molar-refractivity contribution in [3.63, 3.8) is 0 Å². The third-order valence-electron chi connectivity index (χ3n) is 9.89. The lowest BCUT2D eigenvalue weighted by molar-refractivity contribution is -0.144. The number of hydrogen-bond acceptors (Lipinski definition) is 8. The molecule has 1 saturated heterocycles. The van der Waals surface area contributed by atoms with E-state index in [4.69, 9.17) is 0 Å². The number of likely N-dealkylation sites (tertiary alicyclic amines) is 1. The van der Waals surface area contributed by atoms with Crippen molar-refractivity contribution >= 4 is 29.1 Å². The standard InChI is InChI=1S/C31H40N4O6S/c1-14-26(42-13-33-14)16-7-5-15(6-8-16)11-32-29(40)20-9-17(36)12-35(20)30(41)27(31(2,3)4)34-28(39)19-10-18-21-22(19)23(21)25(38)24(18)37/h5-8,13,17-25,27,36-38H,9-12H2,1-4H3,(H,32,40)(H,34,39)/t17-,18?,19+,20+,21+,22?,23?,24?,25+,27-/m1/s1. The number of aryl methyl sites for hydroxylation is 1. The molecular weight excluding hydrogens is 556 g/mol. The molecule has 10 nitrogen and oxygen atoms in total. The van der Waals surface area contributed by atoms with Crippen molar-refractivity contribution in [2.45, 2.75) is 77.5 Å². The van der Waals surface area contributed by atoms with E-state index in [2.05, 4.69) is 15.6 Å². The van der Waals surface area contributed by atoms with Crippen molar-refractivity contribution in [1.29, 1.82) is 0 Å². The predicted molar refractivity (Wildman–Crippen MR) is 156 cm³/mol. The van der Waals surface area contributed by atoms with Crippen LogP contribution in [-0.2, 0) is 20.9 Å². The van der Waals surface area contributed by atoms with Crippen molar-refractivity contribution in [3.05, 3.63) is 41.0 Å². The first-order valence-electron chi connectivity index (χ1n) is 14.8. The number of fused-ring (bicyclic) bond motifs is 1. The maximum atomic E-state index is 13.9. The van der Waals surface area contributed by atoms with E-state index in [1.165, 1.54) is 4.90 Å². The van der Waals surface area contributed by atoms with Gasteiger partial charge in [0.1, 0.15) is 12.1 Å². The van der Waals surface area contributed by atoms with Crippen molar-refractivity contribution in [2.24, 2.45) is 35.0 Å². The Morgan fingerprint density at radius 2 is 1.74 bits per heavy atom. The van der Waals surface area contributed by atoms with Crippen LogP contribution in [-0.4, -0.2) is 79.9 Å². The van der Waals surface area contributed by atoms with E-state index in [1.54, 1.807) is 11.3 Å². The molecule has 4 unspecified atom stereocenters. The minimum atomic E-state index is -0.904. The third kappa shape index (κ3) is 5.04. The van der Waals surface area contributed by atoms with Crippen LogP contribution in [0.2, 0.25) is 0 Å². The summed E-state index contributed by atoms with van der Waals surface area (Å²) in [7, 11) is 0. The lowest BCUT2D eigenvalue weighted by Gasteiger charge is -2.36. The molecule has 4 fully saturated rings. The summed E-state index contributed by atoms with van der Waals surface area (Å²) in [4.78, 5) is 47.5. The van der Waals surface area contributed by atoms with Gasteiger partial charge in [0, 0.05) is 25.4 Å². The third-order valence-corrected chi connectivity index (χ3v) is 10.9. The van der Waals surface area contributed by atoms with Gasteiger partial charge in [-0.2, -0.15) is 0 Å². The monoisotopic (exact) mass is 596 g/mol. The van der Waals surface area contributed by atoms with E-state index in [1.807, 2.05) is 57.5 Å². The van der Waals surface area contributed by atoms with Gasteiger partial charge in [0.25, 0.3) is 0 Å². The number of hydrogen-bond donors (Lipinski definition) is 5. The number of nitrogens with one attached hydrogen (secondary N) is 2. The molecule has 2 aromatic rings. The molecule has 226 valence electrons. The molecule has 6 rings (SSSR count). The number of β-amino-alcohol motifs (C(OH)–C–C–N with tert-alkyl or cyclic N) is 1. The van der Waals surface area contributed by atoms with E-state index >= 15 is 0 Å². The Kier molecular flexibility index (Phi) is 7.44. The van der Waals surface area contributed by atoms with E-state index in [0.29, 0.717) is 6.42 Å². The van der Waals surface area contributed by atoms with E-state index < -0.39 is 41.7 Å². The molecule has 1 aliphatic heterocycles. The van der Waals surface area contributed by atoms with Gasteiger partial charge in [-0.25, -0.2) is 4.98 Å². The predicted octanol–water partition coefficient (Wildman–Crippen LogP) is 1.46. The Balaban J connectivity index is 1.10. The van der Waals surface area contributed by atoms with E-state index in [9.17, 15) is 29.7 Å². The fourth-order valence-corrected chi connectivity index (χ4v) is 8.53. The molecule has 1 aromatic heterocycles. The number of aliphatic hydroxyl groups excluding tert-OH is 3. The van der Waals surface area contributed by atoms with Crippen LogP contribution in [0, 0.1) is 41.9 Å². The van der Waals surface area contributed by atoms with Crippen LogP contribution in [0.1, 0.15) is 44.9 Å². The van der Waals surface area contributed by atoms with Crippen molar-refractivity contribution in [2.75, 3.05) is 6.54 Å². The highest BCUT2D eigenvalue weighted by Crippen LogP contribution is 2.70. The van der Waals surface area contributed by atoms with Gasteiger partial charge in [0.15, 0.2) is 0 Å². The second kappa shape index (κ2) is 10.7. The summed E-state index contributed by atoms with van der Waals surface area (Å²) in [6, 6.07) is 6.13. The summed E-state index contributed by atoms with van der Waals surface area (Å²) in [6.45, 7) is 7.84. The smallest absolute Gasteiger partial charge is 0.246 e. The first-order valence-corrected chi connectivity index (χ1v) is 15.7. The molecular formula is C31H40N4O6S. The van der Waals surface area contributed by atoms with Crippen LogP contribution in [0.5, 0.6) is 0 Å². The van der Waals surface area contributed by atoms with Gasteiger partial charge in [-0.1, -0.05) is 45.0 Å². The number of amides is 3. The molecule has 0 radical (unpaired) electrons. The normalized spacial score (nSPS) is 33.8. The van der Waals surface area contributed by atoms with Gasteiger partial charge in [-0.05, 0) is 53.6 Å². The molecule has 3 amide bonds. The van der Waals surface area contributed by atoms with Gasteiger partial charge in [-0.3, -0.25) is 14.4 Å². The molecule has 11 heteroatoms. The lowest BCUT2D eigenvalue weighted by Crippen LogP contribution is -2.58. The largest absolute Gasteiger partial charge is 0.391 e. The number of carbonyl (C=O) groups excluding carboxylic acids is 3. The lowest BCUT2D eigenvalue weighted by atomic mass is 9.84. The van der Waals surface area contributed by atoms with Gasteiger partial charge in [-0.15, -0.1) is 11.3 Å². The SMILES string of the molecule is Cc1ncsc1-c1ccc(CNC(=O)[C@@H]2C[C@@H](O)CN2C(=O)[C@@H](NC(=O)[C@H]2CC3C(O)[C@@H](O)C4C2[C@H]34)C(C)(C)C)cc1. The van der Waals surface area contributed by atoms with Crippen LogP contribution in [0.3, 0.4) is 0 Å². The molecule has 0 bridgehead atoms. The second-order valence-electron chi connectivity index (χ2n) is 13.6. The van der Waals surface area contributed by atoms with Gasteiger partial charge < -0.3 is 30.9 Å². The highest BCUT2D eigenvalue weighted by Gasteiger charge is 2.74. The topological polar surface area (TPSA) is 152 Å². The fourth-order valence-electron chi connectivity index (χ4n) is 7.71. The van der Waals surface area contributed by atoms with Gasteiger partial charge in [0.2, 0.25) is 17.7 Å². The van der Waals surface area contributed by atoms with Crippen molar-refractivity contribution in [3.8, 4) is 10.4 Å². The molecule has 3 saturated carbocycles. The van der Waals surface area contributed by atoms with E-state index in [-0.39, 0.29) is 60.9 Å². The summed E-state index contributed by atoms with van der Waals surface area (Å²) < 4.78 is 0. The van der Waals surface area contributed by atoms with E-state index in [0.717, 1.165) is 21.7 Å². The summed E-state index contributed by atoms with van der Waals surface area (Å²) in [5.41, 5.74) is 4.10. The number of nitrogens with zero attached hydrogens (tertiary/aromatic N) is 2. The Hall–Kier alpha value is -2.86. The Labute approximate surface area is 249 Å². The minimum Gasteiger partial charge on any atom is -0.391 e. The zero-order valence-electron chi connectivity index (χ0n) is 24.4. The van der Waals surface area contributed by atoms with Crippen LogP contribution in [0.4, 0.5) is 0 Å². The second-order valence-corrected chi connectivity index (χ2v) is 14.5. The summed E-state index contributed by atoms with van der Waals surface area (Å²) in [5.74, 6) is -1.27. The molecule has 42 heavy (non-hydrogen) atoms. The van der Waals surface area contributed by atoms with Crippen LogP contribution in [0.25, 0.3) is 10.4 Å². The van der Waals surface area contributed by atoms with Crippen molar-refractivity contribution in [1.82, 2.24) is 20.5 Å². The van der Waals surface area contributed by atoms with Gasteiger partial charge >= 0.3 is 0 Å². The first kappa shape index (κ1) is 29.2. The Bertz CT molecular complexity index is 1370. The van der Waals surface area contributed by atoms with Crippen LogP contribution >= 0.6 is 11.3 Å². The average Bonchev–Trinajstić information content (AvgIpc) is 3.25. The quantitative estimate of drug-likeness (QED) is 0.325. The average molecular weight is 597 g/mol. The molecule has 5 N–H and O–H groups in total. The van der Waals surface area contributed by atoms with Gasteiger partial charge in [0.05, 0.1) is 34.4 Å². The zero-order valence-corrected chi connectivity index (χ0v) is 25.2. The number of aliphatic hydroxyl groups is 3. The van der Waals surface area contributed by atoms with Crippen LogP contribution in [0.15, 0.2) is 29.8 Å². The summed E-state index contributed by atoms with van der Waals surface area (Å²) in [5, 5.41) is 37.0. The highest BCUT2D eigenvalue weighted by molar-refractivity contribution is 7.13.